The molecule has 12 aromatic rings. The van der Waals surface area contributed by atoms with Crippen molar-refractivity contribution in [1.29, 1.82) is 0 Å². The zero-order valence-electron chi connectivity index (χ0n) is 66.9. The summed E-state index contributed by atoms with van der Waals surface area (Å²) in [5, 5.41) is 19.5. The minimum absolute atomic E-state index is 0.123. The minimum Gasteiger partial charge on any atom is -0.462 e. The summed E-state index contributed by atoms with van der Waals surface area (Å²) in [6.45, 7) is 30.2. The normalized spacial score (nSPS) is 13.7. The second kappa shape index (κ2) is 39.8. The Bertz CT molecular complexity index is 5580. The number of likely N-dealkylation sites (N-methyl/N-ethyl adjacent to an activating group) is 1. The number of fused-ring (bicyclic) bond motifs is 3. The highest BCUT2D eigenvalue weighted by Gasteiger charge is 2.25. The highest BCUT2D eigenvalue weighted by atomic mass is 16.5. The average molecular weight is 1560 g/mol. The number of piperazine rings is 2. The molecule has 0 aliphatic carbocycles. The average Bonchev–Trinajstić information content (AvgIpc) is 1.60. The van der Waals surface area contributed by atoms with Crippen LogP contribution in [0.3, 0.4) is 0 Å². The van der Waals surface area contributed by atoms with Crippen LogP contribution < -0.4 is 30.5 Å². The number of carbonyl (C=O) groups excluding carboxylic acids is 3. The summed E-state index contributed by atoms with van der Waals surface area (Å²) in [5.41, 5.74) is 15.4. The van der Waals surface area contributed by atoms with Gasteiger partial charge in [0.25, 0.3) is 0 Å². The second-order valence-electron chi connectivity index (χ2n) is 28.6. The van der Waals surface area contributed by atoms with Gasteiger partial charge in [-0.2, -0.15) is 29.9 Å². The lowest BCUT2D eigenvalue weighted by Crippen LogP contribution is -2.47. The van der Waals surface area contributed by atoms with Gasteiger partial charge in [-0.3, -0.25) is 24.2 Å². The van der Waals surface area contributed by atoms with Gasteiger partial charge >= 0.3 is 6.01 Å². The fraction of sp³-hybridized carbons (Fsp3) is 0.333. The zero-order valence-corrected chi connectivity index (χ0v) is 66.9. The number of nitrogens with one attached hydrogen (secondary N) is 3. The minimum atomic E-state index is -0.144. The topological polar surface area (TPSA) is 273 Å². The van der Waals surface area contributed by atoms with Crippen LogP contribution in [0.25, 0.3) is 33.5 Å². The second-order valence-corrected chi connectivity index (χ2v) is 28.6. The number of ether oxygens (including phenoxy) is 2. The SMILES string of the molecule is CCN1CCN(c2nc(Nc3cccc(CC(=O)C#Cc4ccc(C)cc4)c3)c3ncn(CC)c3n2)CC1.CCn1cnc2c(Nc3cccc(CC(=O)C#Cc4ccc(C)cc4)c3)nc(N3CCN(CCO)CC3)nc21.CCn1cnc2c(Nc3cccc(CC(=O)C#Cc4ccc(C)cc4)c3)nc(OCCN3CCOCC3)nc21. The molecule has 4 N–H and O–H groups in total. The quantitative estimate of drug-likeness (QED) is 0.0409. The number of benzene rings is 6. The molecule has 6 aromatic carbocycles. The van der Waals surface area contributed by atoms with E-state index >= 15 is 0 Å². The summed E-state index contributed by atoms with van der Waals surface area (Å²) < 4.78 is 17.4. The van der Waals surface area contributed by atoms with Gasteiger partial charge in [-0.15, -0.1) is 0 Å². The van der Waals surface area contributed by atoms with E-state index in [0.717, 1.165) is 190 Å². The van der Waals surface area contributed by atoms with Crippen LogP contribution in [0.1, 0.15) is 77.8 Å². The molecule has 3 aliphatic rings. The van der Waals surface area contributed by atoms with Crippen LogP contribution >= 0.6 is 0 Å². The van der Waals surface area contributed by atoms with Gasteiger partial charge in [-0.1, -0.05) is 114 Å². The molecule has 0 saturated carbocycles. The Labute approximate surface area is 676 Å². The van der Waals surface area contributed by atoms with E-state index < -0.39 is 0 Å². The number of Topliss-reactive ketones (excluding diaryl/α,β-unsaturated/α-hetero) is 3. The number of ketones is 3. The van der Waals surface area contributed by atoms with Gasteiger partial charge in [0.2, 0.25) is 29.2 Å². The molecule has 0 radical (unpaired) electrons. The Balaban J connectivity index is 0.000000151. The van der Waals surface area contributed by atoms with E-state index in [2.05, 4.69) is 122 Å². The predicted octanol–water partition coefficient (Wildman–Crippen LogP) is 11.2. The smallest absolute Gasteiger partial charge is 0.320 e. The third-order valence-electron chi connectivity index (χ3n) is 20.1. The zero-order chi connectivity index (χ0) is 80.7. The third-order valence-corrected chi connectivity index (χ3v) is 20.1. The van der Waals surface area contributed by atoms with Crippen molar-refractivity contribution in [2.75, 3.05) is 137 Å². The van der Waals surface area contributed by atoms with Crippen molar-refractivity contribution < 1.29 is 29.0 Å². The van der Waals surface area contributed by atoms with Crippen molar-refractivity contribution in [2.45, 2.75) is 87.4 Å². The van der Waals surface area contributed by atoms with Gasteiger partial charge in [0.15, 0.2) is 50.9 Å². The van der Waals surface area contributed by atoms with E-state index in [0.29, 0.717) is 65.2 Å². The summed E-state index contributed by atoms with van der Waals surface area (Å²) in [6, 6.07) is 47.0. The van der Waals surface area contributed by atoms with E-state index in [1.807, 2.05) is 193 Å². The number of hydrogen-bond donors (Lipinski definition) is 4. The summed E-state index contributed by atoms with van der Waals surface area (Å²) in [6.07, 6.45) is 6.03. The molecule has 6 aromatic heterocycles. The van der Waals surface area contributed by atoms with E-state index in [9.17, 15) is 19.5 Å². The number of aliphatic hydroxyl groups is 1. The van der Waals surface area contributed by atoms with Crippen LogP contribution in [-0.4, -0.2) is 207 Å². The monoisotopic (exact) mass is 1550 g/mol. The van der Waals surface area contributed by atoms with Crippen LogP contribution in [-0.2, 0) is 58.0 Å². The highest BCUT2D eigenvalue weighted by Crippen LogP contribution is 2.31. The fourth-order valence-corrected chi connectivity index (χ4v) is 13.5. The molecule has 3 aliphatic heterocycles. The van der Waals surface area contributed by atoms with Crippen LogP contribution in [0.4, 0.5) is 46.4 Å². The number of aromatic nitrogens is 12. The number of imidazole rings is 3. The van der Waals surface area contributed by atoms with Crippen molar-refractivity contribution in [3.63, 3.8) is 0 Å². The molecule has 0 unspecified atom stereocenters. The maximum Gasteiger partial charge on any atom is 0.320 e. The molecule has 26 heteroatoms. The van der Waals surface area contributed by atoms with Gasteiger partial charge in [0.1, 0.15) is 6.61 Å². The number of anilines is 8. The van der Waals surface area contributed by atoms with Crippen molar-refractivity contribution in [3.05, 3.63) is 215 Å². The maximum absolute atomic E-state index is 12.6. The third kappa shape index (κ3) is 22.2. The summed E-state index contributed by atoms with van der Waals surface area (Å²) in [5.74, 6) is 20.0. The summed E-state index contributed by atoms with van der Waals surface area (Å²) >= 11 is 0. The Morgan fingerprint density at radius 2 is 0.784 bits per heavy atom. The number of carbonyl (C=O) groups is 3. The number of β-amino-alcohol motifs (C(OH)–C–C–N with tert-alkyl or cyclic N) is 1. The fourth-order valence-electron chi connectivity index (χ4n) is 13.5. The first kappa shape index (κ1) is 81.3. The predicted molar refractivity (Wildman–Crippen MR) is 455 cm³/mol. The van der Waals surface area contributed by atoms with Crippen molar-refractivity contribution >= 4 is 97.3 Å². The summed E-state index contributed by atoms with van der Waals surface area (Å²) in [4.78, 5) is 91.5. The first-order chi connectivity index (χ1) is 56.6. The Morgan fingerprint density at radius 3 is 1.16 bits per heavy atom. The lowest BCUT2D eigenvalue weighted by Gasteiger charge is -2.34. The molecule has 26 nitrogen and oxygen atoms in total. The number of rotatable bonds is 24. The molecule has 0 atom stereocenters. The van der Waals surface area contributed by atoms with Gasteiger partial charge in [0.05, 0.1) is 38.8 Å². The maximum atomic E-state index is 12.6. The van der Waals surface area contributed by atoms with E-state index in [4.69, 9.17) is 29.4 Å². The first-order valence-electron chi connectivity index (χ1n) is 39.7. The lowest BCUT2D eigenvalue weighted by atomic mass is 10.1. The Kier molecular flexibility index (Phi) is 27.9. The number of nitrogens with zero attached hydrogens (tertiary/aromatic N) is 17. The van der Waals surface area contributed by atoms with Gasteiger partial charge in [-0.25, -0.2) is 15.0 Å². The summed E-state index contributed by atoms with van der Waals surface area (Å²) in [7, 11) is 0. The standard InChI is InChI=1S/C30H33N7O2.C30H33N7O.C30H32N6O3/c1-3-36-21-31-27-28(33-30(34-29(27)36)37-15-13-35(14-16-37)17-18-38)32-25-6-4-5-24(19-25)20-26(39)12-11-23-9-7-22(2)8-10-23;1-4-35-15-17-37(18-16-35)30-33-28(27-29(34-30)36(5-2)21-31-27)32-25-8-6-7-24(19-25)20-26(38)14-13-23-11-9-22(3)10-12-23;1-3-36-21-31-27-28(33-30(34-29(27)36)39-18-15-35-13-16-38-17-14-35)32-25-6-4-5-24(19-25)20-26(37)12-11-23-9-7-22(2)8-10-23/h4-10,19,21,38H,3,13-18,20H2,1-2H3,(H,32,33,34);6-12,19,21H,4-5,15-18,20H2,1-3H3,(H,32,33,34);4-10,19,21H,3,13-18,20H2,1-2H3,(H,32,33,34). The van der Waals surface area contributed by atoms with Crippen LogP contribution in [0.15, 0.2) is 165 Å². The highest BCUT2D eigenvalue weighted by molar-refractivity contribution is 5.99. The molecule has 116 heavy (non-hydrogen) atoms. The van der Waals surface area contributed by atoms with Gasteiger partial charge in [0, 0.05) is 151 Å². The number of aliphatic hydroxyl groups excluding tert-OH is 1. The molecule has 3 saturated heterocycles. The van der Waals surface area contributed by atoms with Crippen LogP contribution in [0, 0.1) is 56.3 Å². The van der Waals surface area contributed by atoms with E-state index in [1.54, 1.807) is 12.7 Å². The molecule has 3 fully saturated rings. The first-order valence-corrected chi connectivity index (χ1v) is 39.7. The largest absolute Gasteiger partial charge is 0.462 e. The molecule has 9 heterocycles. The van der Waals surface area contributed by atoms with Gasteiger partial charge in [-0.05, 0) is 155 Å². The molecule has 0 amide bonds. The van der Waals surface area contributed by atoms with Crippen molar-refractivity contribution in [1.82, 2.24) is 73.3 Å². The number of hydrogen-bond acceptors (Lipinski definition) is 23. The molecule has 0 spiro atoms. The molecule has 0 bridgehead atoms. The van der Waals surface area contributed by atoms with Crippen molar-refractivity contribution in [3.8, 4) is 41.5 Å². The molecular formula is C90H98N20O6. The van der Waals surface area contributed by atoms with E-state index in [-0.39, 0.29) is 43.2 Å². The number of morpholine rings is 1. The van der Waals surface area contributed by atoms with Crippen LogP contribution in [0.5, 0.6) is 6.01 Å². The molecule has 15 rings (SSSR count). The Hall–Kier alpha value is -12.7. The molecular weight excluding hydrogens is 1460 g/mol. The number of aryl methyl sites for hydroxylation is 6. The van der Waals surface area contributed by atoms with E-state index in [1.165, 1.54) is 5.56 Å². The van der Waals surface area contributed by atoms with Gasteiger partial charge < -0.3 is 58.9 Å². The Morgan fingerprint density at radius 1 is 0.422 bits per heavy atom. The van der Waals surface area contributed by atoms with Crippen molar-refractivity contribution in [2.24, 2.45) is 0 Å². The van der Waals surface area contributed by atoms with Crippen LogP contribution in [0.2, 0.25) is 0 Å². The lowest BCUT2D eigenvalue weighted by molar-refractivity contribution is -0.114. The molecule has 594 valence electrons.